The predicted molar refractivity (Wildman–Crippen MR) is 107 cm³/mol. The number of pyridine rings is 1. The normalized spacial score (nSPS) is 17.7. The summed E-state index contributed by atoms with van der Waals surface area (Å²) in [6, 6.07) is 11.0. The van der Waals surface area contributed by atoms with E-state index in [0.717, 1.165) is 43.0 Å². The third-order valence-electron chi connectivity index (χ3n) is 6.09. The SMILES string of the molecule is CC[N+](C=O)(c1ccc(Cn2ccc3ncnc-3c2)cc1)C1CCCCC1. The minimum absolute atomic E-state index is 0.416. The molecule has 1 fully saturated rings. The van der Waals surface area contributed by atoms with Gasteiger partial charge in [-0.05, 0) is 43.5 Å². The molecule has 5 nitrogen and oxygen atoms in total. The van der Waals surface area contributed by atoms with E-state index in [-0.39, 0.29) is 0 Å². The third-order valence-corrected chi connectivity index (χ3v) is 6.09. The topological polar surface area (TPSA) is 47.8 Å². The smallest absolute Gasteiger partial charge is 0.306 e. The van der Waals surface area contributed by atoms with Crippen molar-refractivity contribution >= 4 is 12.1 Å². The van der Waals surface area contributed by atoms with Gasteiger partial charge in [0.2, 0.25) is 0 Å². The molecule has 1 amide bonds. The molecule has 1 unspecified atom stereocenters. The molecule has 2 heterocycles. The molecule has 27 heavy (non-hydrogen) atoms. The van der Waals surface area contributed by atoms with E-state index in [1.807, 2.05) is 18.5 Å². The molecule has 1 aromatic rings. The van der Waals surface area contributed by atoms with Crippen LogP contribution in [0.4, 0.5) is 5.69 Å². The van der Waals surface area contributed by atoms with Crippen LogP contribution in [-0.4, -0.2) is 33.5 Å². The molecule has 0 radical (unpaired) electrons. The number of rotatable bonds is 6. The van der Waals surface area contributed by atoms with Gasteiger partial charge in [-0.2, -0.15) is 0 Å². The van der Waals surface area contributed by atoms with E-state index in [1.165, 1.54) is 31.2 Å². The molecule has 0 aromatic heterocycles. The highest BCUT2D eigenvalue weighted by Crippen LogP contribution is 2.33. The molecule has 140 valence electrons. The van der Waals surface area contributed by atoms with Crippen LogP contribution in [0.2, 0.25) is 0 Å². The Morgan fingerprint density at radius 3 is 2.52 bits per heavy atom. The van der Waals surface area contributed by atoms with Gasteiger partial charge in [0.25, 0.3) is 0 Å². The van der Waals surface area contributed by atoms with Gasteiger partial charge in [-0.1, -0.05) is 18.6 Å². The summed E-state index contributed by atoms with van der Waals surface area (Å²) in [4.78, 5) is 20.7. The first-order valence-electron chi connectivity index (χ1n) is 9.95. The van der Waals surface area contributed by atoms with Crippen LogP contribution >= 0.6 is 0 Å². The van der Waals surface area contributed by atoms with Gasteiger partial charge in [0, 0.05) is 31.8 Å². The quantitative estimate of drug-likeness (QED) is 0.486. The lowest BCUT2D eigenvalue weighted by molar-refractivity contribution is -0.119. The summed E-state index contributed by atoms with van der Waals surface area (Å²) < 4.78 is 2.58. The fraction of sp³-hybridized carbons (Fsp3) is 0.409. The first-order valence-corrected chi connectivity index (χ1v) is 9.95. The molecule has 1 aromatic carbocycles. The molecule has 2 aliphatic heterocycles. The Labute approximate surface area is 160 Å². The van der Waals surface area contributed by atoms with Gasteiger partial charge in [-0.3, -0.25) is 0 Å². The molecule has 0 N–H and O–H groups in total. The zero-order valence-electron chi connectivity index (χ0n) is 15.9. The van der Waals surface area contributed by atoms with Crippen LogP contribution in [0.5, 0.6) is 0 Å². The predicted octanol–water partition coefficient (Wildman–Crippen LogP) is 4.25. The summed E-state index contributed by atoms with van der Waals surface area (Å²) in [6.45, 7) is 3.72. The van der Waals surface area contributed by atoms with E-state index in [1.54, 1.807) is 6.33 Å². The third kappa shape index (κ3) is 3.39. The summed E-state index contributed by atoms with van der Waals surface area (Å²) >= 11 is 0. The fourth-order valence-corrected chi connectivity index (χ4v) is 4.48. The lowest BCUT2D eigenvalue weighted by Crippen LogP contribution is -2.56. The standard InChI is InChI=1S/C22H27N4O/c1-2-26(17-27,19-6-4-3-5-7-19)20-10-8-18(9-11-20)14-25-13-12-21-22(15-25)24-16-23-21/h8-13,15-17,19H,2-7,14H2,1H3/q+1. The zero-order valence-corrected chi connectivity index (χ0v) is 15.9. The molecule has 0 saturated heterocycles. The van der Waals surface area contributed by atoms with E-state index in [9.17, 15) is 4.79 Å². The number of imidazole rings is 1. The molecule has 4 rings (SSSR count). The van der Waals surface area contributed by atoms with Gasteiger partial charge in [0.1, 0.15) is 23.8 Å². The van der Waals surface area contributed by atoms with Crippen molar-refractivity contribution in [2.75, 3.05) is 6.54 Å². The van der Waals surface area contributed by atoms with Crippen LogP contribution in [0.25, 0.3) is 11.4 Å². The average molecular weight is 363 g/mol. The lowest BCUT2D eigenvalue weighted by atomic mass is 9.92. The van der Waals surface area contributed by atoms with E-state index in [2.05, 4.69) is 45.7 Å². The maximum atomic E-state index is 12.2. The van der Waals surface area contributed by atoms with E-state index in [0.29, 0.717) is 10.5 Å². The summed E-state index contributed by atoms with van der Waals surface area (Å²) in [6.07, 6.45) is 12.9. The number of fused-ring (bicyclic) bond motifs is 1. The Morgan fingerprint density at radius 2 is 1.81 bits per heavy atom. The van der Waals surface area contributed by atoms with Gasteiger partial charge in [0.05, 0.1) is 12.2 Å². The Morgan fingerprint density at radius 1 is 1.07 bits per heavy atom. The van der Waals surface area contributed by atoms with Gasteiger partial charge in [-0.25, -0.2) is 19.2 Å². The number of benzene rings is 1. The van der Waals surface area contributed by atoms with Crippen LogP contribution in [0.1, 0.15) is 44.6 Å². The zero-order chi connectivity index (χ0) is 18.7. The molecule has 0 spiro atoms. The highest BCUT2D eigenvalue weighted by molar-refractivity contribution is 5.70. The van der Waals surface area contributed by atoms with Gasteiger partial charge >= 0.3 is 6.41 Å². The largest absolute Gasteiger partial charge is 0.348 e. The summed E-state index contributed by atoms with van der Waals surface area (Å²) in [5, 5.41) is 0. The number of quaternary nitrogens is 1. The minimum atomic E-state index is 0.416. The molecular weight excluding hydrogens is 336 g/mol. The number of carbonyl (C=O) groups excluding carboxylic acids is 1. The fourth-order valence-electron chi connectivity index (χ4n) is 4.48. The molecule has 5 heteroatoms. The van der Waals surface area contributed by atoms with E-state index in [4.69, 9.17) is 0 Å². The molecule has 3 aliphatic rings. The van der Waals surface area contributed by atoms with Crippen molar-refractivity contribution in [3.8, 4) is 11.4 Å². The molecule has 1 atom stereocenters. The number of nitrogens with zero attached hydrogens (tertiary/aromatic N) is 4. The Hall–Kier alpha value is -2.53. The highest BCUT2D eigenvalue weighted by Gasteiger charge is 2.38. The first-order chi connectivity index (χ1) is 13.2. The van der Waals surface area contributed by atoms with Crippen molar-refractivity contribution < 1.29 is 4.79 Å². The van der Waals surface area contributed by atoms with Gasteiger partial charge in [-0.15, -0.1) is 0 Å². The van der Waals surface area contributed by atoms with Crippen molar-refractivity contribution in [2.24, 2.45) is 0 Å². The number of aromatic nitrogens is 3. The Kier molecular flexibility index (Phi) is 5.03. The first kappa shape index (κ1) is 17.9. The molecule has 1 saturated carbocycles. The molecule has 0 bridgehead atoms. The Bertz CT molecular complexity index is 866. The van der Waals surface area contributed by atoms with Crippen LogP contribution in [0.15, 0.2) is 49.1 Å². The van der Waals surface area contributed by atoms with Crippen molar-refractivity contribution in [3.05, 3.63) is 54.6 Å². The second-order valence-corrected chi connectivity index (χ2v) is 7.57. The Balaban J connectivity index is 1.56. The summed E-state index contributed by atoms with van der Waals surface area (Å²) in [5.41, 5.74) is 4.16. The second-order valence-electron chi connectivity index (χ2n) is 7.57. The number of amides is 1. The van der Waals surface area contributed by atoms with Crippen molar-refractivity contribution in [3.63, 3.8) is 0 Å². The second kappa shape index (κ2) is 7.61. The van der Waals surface area contributed by atoms with E-state index >= 15 is 0 Å². The lowest BCUT2D eigenvalue weighted by Gasteiger charge is -2.40. The number of carbonyl (C=O) groups is 1. The number of hydrogen-bond acceptors (Lipinski definition) is 3. The molecule has 1 aliphatic carbocycles. The van der Waals surface area contributed by atoms with Crippen molar-refractivity contribution in [1.29, 1.82) is 0 Å². The monoisotopic (exact) mass is 363 g/mol. The maximum Gasteiger partial charge on any atom is 0.306 e. The van der Waals surface area contributed by atoms with Gasteiger partial charge in [0.15, 0.2) is 0 Å². The summed E-state index contributed by atoms with van der Waals surface area (Å²) in [7, 11) is 0. The summed E-state index contributed by atoms with van der Waals surface area (Å²) in [5.74, 6) is 0. The minimum Gasteiger partial charge on any atom is -0.348 e. The van der Waals surface area contributed by atoms with Gasteiger partial charge < -0.3 is 4.57 Å². The average Bonchev–Trinajstić information content (AvgIpc) is 3.19. The van der Waals surface area contributed by atoms with E-state index < -0.39 is 0 Å². The van der Waals surface area contributed by atoms with Crippen LogP contribution in [0.3, 0.4) is 0 Å². The number of hydrogen-bond donors (Lipinski definition) is 0. The van der Waals surface area contributed by atoms with Crippen molar-refractivity contribution in [2.45, 2.75) is 51.6 Å². The van der Waals surface area contributed by atoms with Crippen LogP contribution in [-0.2, 0) is 11.3 Å². The maximum absolute atomic E-state index is 12.2. The van der Waals surface area contributed by atoms with Crippen LogP contribution in [0, 0.1) is 0 Å². The highest BCUT2D eigenvalue weighted by atomic mass is 16.1. The molecular formula is C22H27N4O+. The van der Waals surface area contributed by atoms with Crippen LogP contribution < -0.4 is 4.48 Å². The van der Waals surface area contributed by atoms with Crippen molar-refractivity contribution in [1.82, 2.24) is 19.0 Å².